The Hall–Kier alpha value is -3.45. The van der Waals surface area contributed by atoms with Gasteiger partial charge >= 0.3 is 0 Å². The van der Waals surface area contributed by atoms with E-state index in [2.05, 4.69) is 27.1 Å². The van der Waals surface area contributed by atoms with Crippen LogP contribution in [0.4, 0.5) is 5.69 Å². The first-order valence-electron chi connectivity index (χ1n) is 9.50. The van der Waals surface area contributed by atoms with Gasteiger partial charge in [0.05, 0.1) is 5.75 Å². The number of fused-ring (bicyclic) bond motifs is 1. The number of carbonyl (C=O) groups excluding carboxylic acids is 1. The lowest BCUT2D eigenvalue weighted by Gasteiger charge is -2.11. The molecule has 0 atom stereocenters. The zero-order valence-corrected chi connectivity index (χ0v) is 17.4. The fraction of sp³-hybridized carbons (Fsp3) is 0.130. The van der Waals surface area contributed by atoms with Gasteiger partial charge < -0.3 is 5.32 Å². The maximum Gasteiger partial charge on any atom is 0.234 e. The zero-order valence-electron chi connectivity index (χ0n) is 16.6. The number of nitrogens with zero attached hydrogens (tertiary/aromatic N) is 4. The number of carbonyl (C=O) groups is 1. The molecule has 0 aliphatic rings. The van der Waals surface area contributed by atoms with Crippen molar-refractivity contribution in [3.63, 3.8) is 0 Å². The number of amides is 1. The number of hydrogen-bond acceptors (Lipinski definition) is 5. The van der Waals surface area contributed by atoms with Crippen LogP contribution in [0.2, 0.25) is 0 Å². The molecule has 4 rings (SSSR count). The van der Waals surface area contributed by atoms with E-state index in [-0.39, 0.29) is 11.7 Å². The molecule has 30 heavy (non-hydrogen) atoms. The van der Waals surface area contributed by atoms with Gasteiger partial charge in [0.15, 0.2) is 11.0 Å². The second-order valence-corrected chi connectivity index (χ2v) is 7.89. The van der Waals surface area contributed by atoms with E-state index in [9.17, 15) is 4.79 Å². The molecule has 7 heteroatoms. The molecule has 0 unspecified atom stereocenters. The van der Waals surface area contributed by atoms with Gasteiger partial charge in [-0.3, -0.25) is 14.3 Å². The molecule has 2 aromatic heterocycles. The number of anilines is 1. The summed E-state index contributed by atoms with van der Waals surface area (Å²) >= 11 is 1.36. The average molecular weight is 416 g/mol. The fourth-order valence-corrected chi connectivity index (χ4v) is 3.91. The Morgan fingerprint density at radius 2 is 1.83 bits per heavy atom. The molecule has 6 nitrogen and oxygen atoms in total. The molecule has 0 bridgehead atoms. The second kappa shape index (κ2) is 8.92. The molecule has 1 N–H and O–H groups in total. The van der Waals surface area contributed by atoms with Crippen LogP contribution in [0.25, 0.3) is 22.2 Å². The first kappa shape index (κ1) is 19.8. The normalized spacial score (nSPS) is 10.8. The van der Waals surface area contributed by atoms with E-state index in [1.165, 1.54) is 11.8 Å². The van der Waals surface area contributed by atoms with Crippen molar-refractivity contribution in [1.29, 1.82) is 0 Å². The van der Waals surface area contributed by atoms with Crippen molar-refractivity contribution in [2.45, 2.75) is 18.6 Å². The molecule has 1 amide bonds. The van der Waals surface area contributed by atoms with Crippen molar-refractivity contribution in [1.82, 2.24) is 19.7 Å². The Bertz CT molecular complexity index is 1200. The van der Waals surface area contributed by atoms with Crippen LogP contribution in [0.1, 0.15) is 6.92 Å². The van der Waals surface area contributed by atoms with E-state index < -0.39 is 0 Å². The first-order valence-corrected chi connectivity index (χ1v) is 10.5. The summed E-state index contributed by atoms with van der Waals surface area (Å²) in [6.07, 6.45) is 3.44. The quantitative estimate of drug-likeness (QED) is 0.347. The Labute approximate surface area is 179 Å². The molecule has 4 aromatic rings. The summed E-state index contributed by atoms with van der Waals surface area (Å²) < 4.78 is 1.98. The number of hydrogen-bond donors (Lipinski definition) is 1. The Balaban J connectivity index is 1.51. The van der Waals surface area contributed by atoms with E-state index >= 15 is 0 Å². The monoisotopic (exact) mass is 415 g/mol. The van der Waals surface area contributed by atoms with Crippen LogP contribution in [-0.4, -0.2) is 31.4 Å². The van der Waals surface area contributed by atoms with Crippen molar-refractivity contribution in [3.05, 3.63) is 79.1 Å². The number of benzene rings is 2. The molecule has 0 spiro atoms. The van der Waals surface area contributed by atoms with E-state index in [1.54, 1.807) is 12.4 Å². The highest BCUT2D eigenvalue weighted by molar-refractivity contribution is 7.99. The van der Waals surface area contributed by atoms with Crippen molar-refractivity contribution in [2.24, 2.45) is 0 Å². The number of pyridine rings is 1. The number of allylic oxidation sites excluding steroid dienone is 1. The van der Waals surface area contributed by atoms with Crippen LogP contribution in [0, 0.1) is 0 Å². The van der Waals surface area contributed by atoms with Gasteiger partial charge in [-0.1, -0.05) is 60.3 Å². The van der Waals surface area contributed by atoms with Gasteiger partial charge in [0.2, 0.25) is 5.91 Å². The van der Waals surface area contributed by atoms with Gasteiger partial charge in [-0.25, -0.2) is 0 Å². The predicted octanol–water partition coefficient (Wildman–Crippen LogP) is 4.80. The fourth-order valence-electron chi connectivity index (χ4n) is 3.17. The predicted molar refractivity (Wildman–Crippen MR) is 121 cm³/mol. The molecular weight excluding hydrogens is 394 g/mol. The van der Waals surface area contributed by atoms with Gasteiger partial charge in [-0.2, -0.15) is 0 Å². The third kappa shape index (κ3) is 4.41. The lowest BCUT2D eigenvalue weighted by Crippen LogP contribution is -2.15. The third-order valence-electron chi connectivity index (χ3n) is 4.48. The van der Waals surface area contributed by atoms with E-state index in [0.29, 0.717) is 11.7 Å². The second-order valence-electron chi connectivity index (χ2n) is 6.95. The molecule has 0 saturated heterocycles. The van der Waals surface area contributed by atoms with Crippen molar-refractivity contribution in [2.75, 3.05) is 11.1 Å². The highest BCUT2D eigenvalue weighted by atomic mass is 32.2. The molecule has 2 heterocycles. The Kier molecular flexibility index (Phi) is 5.90. The maximum absolute atomic E-state index is 12.6. The van der Waals surface area contributed by atoms with E-state index in [0.717, 1.165) is 33.4 Å². The molecule has 0 saturated carbocycles. The van der Waals surface area contributed by atoms with Gasteiger partial charge in [-0.05, 0) is 30.5 Å². The topological polar surface area (TPSA) is 72.7 Å². The molecular formula is C23H21N5OS. The minimum atomic E-state index is -0.0910. The molecule has 0 aliphatic carbocycles. The summed E-state index contributed by atoms with van der Waals surface area (Å²) in [6.45, 7) is 6.55. The molecule has 2 aromatic carbocycles. The Morgan fingerprint density at radius 3 is 2.63 bits per heavy atom. The molecule has 150 valence electrons. The van der Waals surface area contributed by atoms with Crippen molar-refractivity contribution in [3.8, 4) is 11.4 Å². The minimum Gasteiger partial charge on any atom is -0.325 e. The van der Waals surface area contributed by atoms with Gasteiger partial charge in [-0.15, -0.1) is 10.2 Å². The van der Waals surface area contributed by atoms with Crippen molar-refractivity contribution >= 4 is 34.1 Å². The Morgan fingerprint density at radius 1 is 1.07 bits per heavy atom. The summed E-state index contributed by atoms with van der Waals surface area (Å²) in [7, 11) is 0. The highest BCUT2D eigenvalue weighted by Crippen LogP contribution is 2.26. The van der Waals surface area contributed by atoms with E-state index in [4.69, 9.17) is 0 Å². The highest BCUT2D eigenvalue weighted by Gasteiger charge is 2.16. The van der Waals surface area contributed by atoms with Crippen LogP contribution in [-0.2, 0) is 11.3 Å². The van der Waals surface area contributed by atoms with Gasteiger partial charge in [0.25, 0.3) is 0 Å². The standard InChI is InChI=1S/C23H21N5OS/c1-16(2)14-28-22(18-10-12-24-13-11-18)26-27-23(28)30-15-21(29)25-20-9-5-7-17-6-3-4-8-19(17)20/h3-13H,1,14-15H2,2H3,(H,25,29). The third-order valence-corrected chi connectivity index (χ3v) is 5.45. The summed E-state index contributed by atoms with van der Waals surface area (Å²) in [5, 5.41) is 14.4. The number of aromatic nitrogens is 4. The summed E-state index contributed by atoms with van der Waals surface area (Å²) in [4.78, 5) is 16.7. The summed E-state index contributed by atoms with van der Waals surface area (Å²) in [5.74, 6) is 0.873. The largest absolute Gasteiger partial charge is 0.325 e. The SMILES string of the molecule is C=C(C)Cn1c(SCC(=O)Nc2cccc3ccccc23)nnc1-c1ccncc1. The maximum atomic E-state index is 12.6. The lowest BCUT2D eigenvalue weighted by atomic mass is 10.1. The smallest absolute Gasteiger partial charge is 0.234 e. The number of thioether (sulfide) groups is 1. The average Bonchev–Trinajstić information content (AvgIpc) is 3.15. The summed E-state index contributed by atoms with van der Waals surface area (Å²) in [5.41, 5.74) is 2.71. The molecule has 0 aliphatic heterocycles. The zero-order chi connectivity index (χ0) is 20.9. The van der Waals surface area contributed by atoms with Crippen LogP contribution >= 0.6 is 11.8 Å². The van der Waals surface area contributed by atoms with E-state index in [1.807, 2.05) is 66.1 Å². The van der Waals surface area contributed by atoms with Crippen LogP contribution in [0.15, 0.2) is 84.3 Å². The number of nitrogens with one attached hydrogen (secondary N) is 1. The van der Waals surface area contributed by atoms with Crippen LogP contribution in [0.3, 0.4) is 0 Å². The van der Waals surface area contributed by atoms with Crippen LogP contribution in [0.5, 0.6) is 0 Å². The molecule has 0 fully saturated rings. The number of rotatable bonds is 7. The minimum absolute atomic E-state index is 0.0910. The van der Waals surface area contributed by atoms with Crippen molar-refractivity contribution < 1.29 is 4.79 Å². The van der Waals surface area contributed by atoms with Gasteiger partial charge in [0.1, 0.15) is 0 Å². The summed E-state index contributed by atoms with van der Waals surface area (Å²) in [6, 6.07) is 17.6. The van der Waals surface area contributed by atoms with Crippen LogP contribution < -0.4 is 5.32 Å². The molecule has 0 radical (unpaired) electrons. The van der Waals surface area contributed by atoms with Gasteiger partial charge in [0, 0.05) is 35.6 Å². The first-order chi connectivity index (χ1) is 14.6. The lowest BCUT2D eigenvalue weighted by molar-refractivity contribution is -0.113.